The molecule has 1 amide bonds. The van der Waals surface area contributed by atoms with Crippen LogP contribution < -0.4 is 4.74 Å². The van der Waals surface area contributed by atoms with Gasteiger partial charge in [0.1, 0.15) is 5.75 Å². The van der Waals surface area contributed by atoms with Crippen LogP contribution in [0.4, 0.5) is 0 Å². The van der Waals surface area contributed by atoms with Gasteiger partial charge in [-0.3, -0.25) is 14.6 Å². The van der Waals surface area contributed by atoms with Crippen LogP contribution in [0.3, 0.4) is 0 Å². The van der Waals surface area contributed by atoms with Crippen molar-refractivity contribution >= 4 is 5.91 Å². The summed E-state index contributed by atoms with van der Waals surface area (Å²) in [4.78, 5) is 19.4. The Kier molecular flexibility index (Phi) is 6.70. The molecule has 1 aromatic carbocycles. The van der Waals surface area contributed by atoms with Gasteiger partial charge in [0.25, 0.3) is 0 Å². The maximum Gasteiger partial charge on any atom is 0.236 e. The van der Waals surface area contributed by atoms with Crippen LogP contribution in [0.1, 0.15) is 31.2 Å². The van der Waals surface area contributed by atoms with Crippen LogP contribution in [0.2, 0.25) is 0 Å². The van der Waals surface area contributed by atoms with E-state index in [0.29, 0.717) is 12.5 Å². The molecule has 0 atom stereocenters. The molecule has 2 aliphatic heterocycles. The molecule has 0 aromatic heterocycles. The number of nitrogens with zero attached hydrogens (tertiary/aromatic N) is 3. The zero-order valence-electron chi connectivity index (χ0n) is 15.5. The van der Waals surface area contributed by atoms with E-state index in [0.717, 1.165) is 51.6 Å². The lowest BCUT2D eigenvalue weighted by Crippen LogP contribution is -2.49. The van der Waals surface area contributed by atoms with Crippen molar-refractivity contribution in [3.63, 3.8) is 0 Å². The van der Waals surface area contributed by atoms with Gasteiger partial charge in [0.2, 0.25) is 5.91 Å². The Balaban J connectivity index is 1.44. The molecule has 138 valence electrons. The molecular weight excluding hydrogens is 314 g/mol. The Morgan fingerprint density at radius 2 is 1.56 bits per heavy atom. The molecule has 0 bridgehead atoms. The van der Waals surface area contributed by atoms with Crippen molar-refractivity contribution in [2.45, 2.75) is 32.2 Å². The van der Waals surface area contributed by atoms with E-state index >= 15 is 0 Å². The molecule has 5 nitrogen and oxygen atoms in total. The lowest BCUT2D eigenvalue weighted by Gasteiger charge is -2.35. The van der Waals surface area contributed by atoms with E-state index in [4.69, 9.17) is 4.74 Å². The monoisotopic (exact) mass is 345 g/mol. The number of methoxy groups -OCH3 is 1. The zero-order valence-corrected chi connectivity index (χ0v) is 15.5. The van der Waals surface area contributed by atoms with Crippen LogP contribution in [0.5, 0.6) is 5.75 Å². The van der Waals surface area contributed by atoms with Gasteiger partial charge < -0.3 is 9.64 Å². The maximum atomic E-state index is 12.5. The number of ether oxygens (including phenoxy) is 1. The third-order valence-electron chi connectivity index (χ3n) is 5.37. The fraction of sp³-hybridized carbons (Fsp3) is 0.650. The lowest BCUT2D eigenvalue weighted by molar-refractivity contribution is -0.132. The number of carbonyl (C=O) groups excluding carboxylic acids is 1. The van der Waals surface area contributed by atoms with Crippen molar-refractivity contribution < 1.29 is 9.53 Å². The molecule has 5 heteroatoms. The molecule has 2 saturated heterocycles. The highest BCUT2D eigenvalue weighted by Crippen LogP contribution is 2.20. The van der Waals surface area contributed by atoms with E-state index in [1.54, 1.807) is 7.11 Å². The van der Waals surface area contributed by atoms with Gasteiger partial charge in [0, 0.05) is 51.4 Å². The number of benzene rings is 1. The van der Waals surface area contributed by atoms with Crippen molar-refractivity contribution in [2.75, 3.05) is 52.9 Å². The SMILES string of the molecule is COc1ccccc1CN1CCN(CC(=O)N2CCCCCC2)CC1. The summed E-state index contributed by atoms with van der Waals surface area (Å²) >= 11 is 0. The quantitative estimate of drug-likeness (QED) is 0.820. The van der Waals surface area contributed by atoms with Gasteiger partial charge in [-0.2, -0.15) is 0 Å². The first-order valence-electron chi connectivity index (χ1n) is 9.60. The Bertz CT molecular complexity index is 548. The summed E-state index contributed by atoms with van der Waals surface area (Å²) in [6, 6.07) is 8.22. The van der Waals surface area contributed by atoms with Crippen molar-refractivity contribution in [3.05, 3.63) is 29.8 Å². The number of amides is 1. The topological polar surface area (TPSA) is 36.0 Å². The fourth-order valence-electron chi connectivity index (χ4n) is 3.79. The summed E-state index contributed by atoms with van der Waals surface area (Å²) in [5.41, 5.74) is 1.24. The summed E-state index contributed by atoms with van der Waals surface area (Å²) in [5.74, 6) is 1.28. The van der Waals surface area contributed by atoms with Gasteiger partial charge in [-0.05, 0) is 18.9 Å². The molecule has 1 aromatic rings. The minimum Gasteiger partial charge on any atom is -0.496 e. The zero-order chi connectivity index (χ0) is 17.5. The molecule has 0 spiro atoms. The number of piperazine rings is 1. The summed E-state index contributed by atoms with van der Waals surface area (Å²) in [5, 5.41) is 0. The molecule has 0 aliphatic carbocycles. The van der Waals surface area contributed by atoms with Crippen LogP contribution in [0.25, 0.3) is 0 Å². The van der Waals surface area contributed by atoms with Gasteiger partial charge in [0.15, 0.2) is 0 Å². The number of para-hydroxylation sites is 1. The third kappa shape index (κ3) is 5.19. The van der Waals surface area contributed by atoms with Crippen molar-refractivity contribution in [3.8, 4) is 5.75 Å². The van der Waals surface area contributed by atoms with Gasteiger partial charge in [-0.25, -0.2) is 0 Å². The Morgan fingerprint density at radius 3 is 2.24 bits per heavy atom. The number of rotatable bonds is 5. The number of likely N-dealkylation sites (tertiary alicyclic amines) is 1. The summed E-state index contributed by atoms with van der Waals surface area (Å²) in [7, 11) is 1.73. The lowest BCUT2D eigenvalue weighted by atomic mass is 10.1. The minimum absolute atomic E-state index is 0.320. The Hall–Kier alpha value is -1.59. The van der Waals surface area contributed by atoms with Gasteiger partial charge in [0.05, 0.1) is 13.7 Å². The molecule has 3 rings (SSSR count). The fourth-order valence-corrected chi connectivity index (χ4v) is 3.79. The average Bonchev–Trinajstić information content (AvgIpc) is 2.93. The van der Waals surface area contributed by atoms with E-state index in [9.17, 15) is 4.79 Å². The molecule has 0 N–H and O–H groups in total. The highest BCUT2D eigenvalue weighted by atomic mass is 16.5. The summed E-state index contributed by atoms with van der Waals surface area (Å²) < 4.78 is 5.45. The highest BCUT2D eigenvalue weighted by Gasteiger charge is 2.22. The second-order valence-electron chi connectivity index (χ2n) is 7.16. The first-order chi connectivity index (χ1) is 12.3. The largest absolute Gasteiger partial charge is 0.496 e. The predicted molar refractivity (Wildman–Crippen MR) is 99.8 cm³/mol. The molecule has 25 heavy (non-hydrogen) atoms. The second-order valence-corrected chi connectivity index (χ2v) is 7.16. The smallest absolute Gasteiger partial charge is 0.236 e. The maximum absolute atomic E-state index is 12.5. The van der Waals surface area contributed by atoms with Crippen LogP contribution in [-0.2, 0) is 11.3 Å². The number of carbonyl (C=O) groups is 1. The van der Waals surface area contributed by atoms with E-state index in [1.807, 2.05) is 12.1 Å². The second kappa shape index (κ2) is 9.20. The van der Waals surface area contributed by atoms with Crippen molar-refractivity contribution in [1.29, 1.82) is 0 Å². The minimum atomic E-state index is 0.320. The normalized spacial score (nSPS) is 20.3. The standard InChI is InChI=1S/C20H31N3O2/c1-25-19-9-5-4-8-18(19)16-21-12-14-22(15-13-21)17-20(24)23-10-6-2-3-7-11-23/h4-5,8-9H,2-3,6-7,10-17H2,1H3. The Morgan fingerprint density at radius 1 is 0.920 bits per heavy atom. The van der Waals surface area contributed by atoms with Crippen LogP contribution in [0, 0.1) is 0 Å². The molecule has 2 fully saturated rings. The molecule has 2 heterocycles. The van der Waals surface area contributed by atoms with Crippen molar-refractivity contribution in [2.24, 2.45) is 0 Å². The molecule has 2 aliphatic rings. The van der Waals surface area contributed by atoms with E-state index < -0.39 is 0 Å². The van der Waals surface area contributed by atoms with Crippen LogP contribution >= 0.6 is 0 Å². The summed E-state index contributed by atoms with van der Waals surface area (Å²) in [6.07, 6.45) is 4.87. The molecule has 0 saturated carbocycles. The first-order valence-corrected chi connectivity index (χ1v) is 9.60. The first kappa shape index (κ1) is 18.2. The van der Waals surface area contributed by atoms with Crippen LogP contribution in [-0.4, -0.2) is 73.5 Å². The van der Waals surface area contributed by atoms with Crippen molar-refractivity contribution in [1.82, 2.24) is 14.7 Å². The van der Waals surface area contributed by atoms with Gasteiger partial charge in [-0.15, -0.1) is 0 Å². The van der Waals surface area contributed by atoms with E-state index in [1.165, 1.54) is 31.2 Å². The number of hydrogen-bond donors (Lipinski definition) is 0. The van der Waals surface area contributed by atoms with E-state index in [-0.39, 0.29) is 0 Å². The molecule has 0 unspecified atom stereocenters. The van der Waals surface area contributed by atoms with Gasteiger partial charge in [-0.1, -0.05) is 31.0 Å². The molecular formula is C20H31N3O2. The van der Waals surface area contributed by atoms with E-state index in [2.05, 4.69) is 26.8 Å². The van der Waals surface area contributed by atoms with Crippen LogP contribution in [0.15, 0.2) is 24.3 Å². The predicted octanol–water partition coefficient (Wildman–Crippen LogP) is 2.22. The highest BCUT2D eigenvalue weighted by molar-refractivity contribution is 5.78. The third-order valence-corrected chi connectivity index (χ3v) is 5.37. The van der Waals surface area contributed by atoms with Gasteiger partial charge >= 0.3 is 0 Å². The average molecular weight is 345 g/mol. The number of hydrogen-bond acceptors (Lipinski definition) is 4. The Labute approximate surface area is 151 Å². The molecule has 0 radical (unpaired) electrons. The summed E-state index contributed by atoms with van der Waals surface area (Å²) in [6.45, 7) is 7.35.